The van der Waals surface area contributed by atoms with Gasteiger partial charge in [0.25, 0.3) is 0 Å². The highest BCUT2D eigenvalue weighted by Crippen LogP contribution is 2.12. The Bertz CT molecular complexity index is 561. The smallest absolute Gasteiger partial charge is 0.376 e. The summed E-state index contributed by atoms with van der Waals surface area (Å²) >= 11 is 0. The zero-order chi connectivity index (χ0) is 20.8. The number of piperazine rings is 2. The quantitative estimate of drug-likeness (QED) is 0.496. The van der Waals surface area contributed by atoms with Crippen molar-refractivity contribution in [2.75, 3.05) is 53.4 Å². The van der Waals surface area contributed by atoms with E-state index in [-0.39, 0.29) is 24.9 Å². The fraction of sp³-hybridized carbons (Fsp3) is 0.778. The lowest BCUT2D eigenvalue weighted by Gasteiger charge is -2.37. The average Bonchev–Trinajstić information content (AvgIpc) is 2.59. The third kappa shape index (κ3) is 6.16. The SMILES string of the molecule is C[C@@H]1CN(C)CCN1C(=O)OC(=O)CCC(=O)OC(=O)N1CCN(C)C[C@H]1C. The lowest BCUT2D eigenvalue weighted by Crippen LogP contribution is -2.53. The van der Waals surface area contributed by atoms with Crippen LogP contribution in [0.4, 0.5) is 9.59 Å². The second-order valence-electron chi connectivity index (χ2n) is 7.59. The molecule has 158 valence electrons. The van der Waals surface area contributed by atoms with Crippen LogP contribution in [0.15, 0.2) is 0 Å². The van der Waals surface area contributed by atoms with Crippen molar-refractivity contribution >= 4 is 24.1 Å². The molecule has 2 rings (SSSR count). The molecule has 2 saturated heterocycles. The molecule has 0 unspecified atom stereocenters. The van der Waals surface area contributed by atoms with Crippen molar-refractivity contribution in [2.24, 2.45) is 0 Å². The van der Waals surface area contributed by atoms with Crippen LogP contribution in [0.5, 0.6) is 0 Å². The minimum absolute atomic E-state index is 0.0628. The van der Waals surface area contributed by atoms with E-state index in [0.717, 1.165) is 0 Å². The molecule has 0 aromatic rings. The summed E-state index contributed by atoms with van der Waals surface area (Å²) < 4.78 is 9.63. The Morgan fingerprint density at radius 3 is 1.39 bits per heavy atom. The summed E-state index contributed by atoms with van der Waals surface area (Å²) in [6, 6.07) is -0.126. The maximum atomic E-state index is 12.1. The molecule has 28 heavy (non-hydrogen) atoms. The highest BCUT2D eigenvalue weighted by atomic mass is 16.6. The number of hydrogen-bond acceptors (Lipinski definition) is 8. The van der Waals surface area contributed by atoms with Gasteiger partial charge >= 0.3 is 24.1 Å². The van der Waals surface area contributed by atoms with Gasteiger partial charge in [-0.1, -0.05) is 0 Å². The minimum atomic E-state index is -0.812. The third-order valence-electron chi connectivity index (χ3n) is 5.07. The van der Waals surface area contributed by atoms with E-state index >= 15 is 0 Å². The largest absolute Gasteiger partial charge is 0.417 e. The number of hydrogen-bond donors (Lipinski definition) is 0. The van der Waals surface area contributed by atoms with Gasteiger partial charge in [0.05, 0.1) is 12.8 Å². The van der Waals surface area contributed by atoms with E-state index in [0.29, 0.717) is 39.3 Å². The van der Waals surface area contributed by atoms with E-state index in [2.05, 4.69) is 9.80 Å². The number of likely N-dealkylation sites (N-methyl/N-ethyl adjacent to an activating group) is 2. The standard InChI is InChI=1S/C18H30N4O6/c1-13-11-19(3)7-9-21(13)17(25)27-15(23)5-6-16(24)28-18(26)22-10-8-20(4)12-14(22)2/h13-14H,5-12H2,1-4H3/t13-,14-/m1/s1. The van der Waals surface area contributed by atoms with Gasteiger partial charge in [0.1, 0.15) is 0 Å². The van der Waals surface area contributed by atoms with Crippen LogP contribution in [-0.4, -0.2) is 109 Å². The first-order valence-electron chi connectivity index (χ1n) is 9.57. The third-order valence-corrected chi connectivity index (χ3v) is 5.07. The van der Waals surface area contributed by atoms with Crippen molar-refractivity contribution in [1.82, 2.24) is 19.6 Å². The zero-order valence-corrected chi connectivity index (χ0v) is 17.0. The van der Waals surface area contributed by atoms with Gasteiger partial charge in [0.15, 0.2) is 0 Å². The minimum Gasteiger partial charge on any atom is -0.376 e. The number of ether oxygens (including phenoxy) is 2. The van der Waals surface area contributed by atoms with Gasteiger partial charge in [-0.3, -0.25) is 9.59 Å². The highest BCUT2D eigenvalue weighted by Gasteiger charge is 2.30. The Hall–Kier alpha value is -2.20. The van der Waals surface area contributed by atoms with Crippen LogP contribution in [0.2, 0.25) is 0 Å². The summed E-state index contributed by atoms with van der Waals surface area (Å²) in [6.45, 7) is 7.50. The van der Waals surface area contributed by atoms with Crippen LogP contribution < -0.4 is 0 Å². The van der Waals surface area contributed by atoms with Crippen LogP contribution in [0.25, 0.3) is 0 Å². The van der Waals surface area contributed by atoms with E-state index in [1.54, 1.807) is 0 Å². The molecule has 10 heteroatoms. The van der Waals surface area contributed by atoms with Gasteiger partial charge in [0.2, 0.25) is 0 Å². The van der Waals surface area contributed by atoms with Crippen molar-refractivity contribution in [1.29, 1.82) is 0 Å². The number of esters is 2. The maximum absolute atomic E-state index is 12.1. The van der Waals surface area contributed by atoms with E-state index < -0.39 is 24.1 Å². The molecule has 2 fully saturated rings. The number of nitrogens with zero attached hydrogens (tertiary/aromatic N) is 4. The molecule has 2 aliphatic rings. The van der Waals surface area contributed by atoms with Gasteiger partial charge in [-0.05, 0) is 27.9 Å². The van der Waals surface area contributed by atoms with Gasteiger partial charge in [-0.15, -0.1) is 0 Å². The molecule has 0 N–H and O–H groups in total. The van der Waals surface area contributed by atoms with E-state index in [1.165, 1.54) is 9.80 Å². The van der Waals surface area contributed by atoms with E-state index in [4.69, 9.17) is 9.47 Å². The molecule has 0 bridgehead atoms. The maximum Gasteiger partial charge on any atom is 0.417 e. The Kier molecular flexibility index (Phi) is 7.76. The fourth-order valence-corrected chi connectivity index (χ4v) is 3.44. The summed E-state index contributed by atoms with van der Waals surface area (Å²) in [7, 11) is 3.92. The molecular formula is C18H30N4O6. The summed E-state index contributed by atoms with van der Waals surface area (Å²) in [5.41, 5.74) is 0. The second-order valence-corrected chi connectivity index (χ2v) is 7.59. The summed E-state index contributed by atoms with van der Waals surface area (Å²) in [5, 5.41) is 0. The highest BCUT2D eigenvalue weighted by molar-refractivity contribution is 5.89. The van der Waals surface area contributed by atoms with Gasteiger partial charge in [-0.25, -0.2) is 9.59 Å². The molecule has 2 heterocycles. The van der Waals surface area contributed by atoms with Crippen molar-refractivity contribution in [3.05, 3.63) is 0 Å². The Morgan fingerprint density at radius 2 is 1.07 bits per heavy atom. The summed E-state index contributed by atoms with van der Waals surface area (Å²) in [4.78, 5) is 55.1. The predicted octanol–water partition coefficient (Wildman–Crippen LogP) is 0.365. The molecule has 2 atom stereocenters. The van der Waals surface area contributed by atoms with Crippen LogP contribution in [-0.2, 0) is 19.1 Å². The molecule has 0 aromatic carbocycles. The first-order chi connectivity index (χ1) is 13.2. The zero-order valence-electron chi connectivity index (χ0n) is 17.0. The van der Waals surface area contributed by atoms with E-state index in [1.807, 2.05) is 27.9 Å². The van der Waals surface area contributed by atoms with Gasteiger partial charge in [-0.2, -0.15) is 0 Å². The molecule has 2 amide bonds. The van der Waals surface area contributed by atoms with Crippen LogP contribution in [0.3, 0.4) is 0 Å². The van der Waals surface area contributed by atoms with Crippen molar-refractivity contribution in [3.8, 4) is 0 Å². The predicted molar refractivity (Wildman–Crippen MR) is 99.5 cm³/mol. The fourth-order valence-electron chi connectivity index (χ4n) is 3.44. The first kappa shape index (κ1) is 22.1. The van der Waals surface area contributed by atoms with Gasteiger partial charge in [0, 0.05) is 51.4 Å². The molecule has 0 aliphatic carbocycles. The number of carbonyl (C=O) groups excluding carboxylic acids is 4. The molecular weight excluding hydrogens is 368 g/mol. The van der Waals surface area contributed by atoms with Crippen molar-refractivity contribution in [3.63, 3.8) is 0 Å². The summed E-state index contributed by atoms with van der Waals surface area (Å²) in [6.07, 6.45) is -2.06. The average molecular weight is 398 g/mol. The Labute approximate surface area is 165 Å². The molecule has 0 aromatic heterocycles. The first-order valence-corrected chi connectivity index (χ1v) is 9.57. The van der Waals surface area contributed by atoms with E-state index in [9.17, 15) is 19.2 Å². The normalized spacial score (nSPS) is 24.0. The Balaban J connectivity index is 1.71. The second kappa shape index (κ2) is 9.83. The van der Waals surface area contributed by atoms with Crippen LogP contribution in [0, 0.1) is 0 Å². The van der Waals surface area contributed by atoms with Crippen molar-refractivity contribution in [2.45, 2.75) is 38.8 Å². The van der Waals surface area contributed by atoms with Gasteiger partial charge < -0.3 is 29.1 Å². The Morgan fingerprint density at radius 1 is 0.714 bits per heavy atom. The monoisotopic (exact) mass is 398 g/mol. The topological polar surface area (TPSA) is 99.7 Å². The molecule has 2 aliphatic heterocycles. The number of rotatable bonds is 3. The number of amides is 2. The van der Waals surface area contributed by atoms with Crippen LogP contribution in [0.1, 0.15) is 26.7 Å². The lowest BCUT2D eigenvalue weighted by molar-refractivity contribution is -0.145. The summed E-state index contributed by atoms with van der Waals surface area (Å²) in [5.74, 6) is -1.62. The molecule has 10 nitrogen and oxygen atoms in total. The van der Waals surface area contributed by atoms with Crippen LogP contribution >= 0.6 is 0 Å². The lowest BCUT2D eigenvalue weighted by atomic mass is 10.2. The molecule has 0 saturated carbocycles. The molecule has 0 spiro atoms. The van der Waals surface area contributed by atoms with Crippen molar-refractivity contribution < 1.29 is 28.7 Å². The number of carbonyl (C=O) groups is 4. The molecule has 0 radical (unpaired) electrons.